The highest BCUT2D eigenvalue weighted by molar-refractivity contribution is 7.99. The fourth-order valence-electron chi connectivity index (χ4n) is 6.88. The molecule has 200 valence electrons. The van der Waals surface area contributed by atoms with Crippen LogP contribution in [0.3, 0.4) is 0 Å². The van der Waals surface area contributed by atoms with E-state index < -0.39 is 0 Å². The first kappa shape index (κ1) is 23.3. The van der Waals surface area contributed by atoms with Crippen molar-refractivity contribution < 1.29 is 8.83 Å². The smallest absolute Gasteiger partial charge is 0.136 e. The molecule has 3 heterocycles. The maximum atomic E-state index is 6.54. The fourth-order valence-corrected chi connectivity index (χ4v) is 8.01. The van der Waals surface area contributed by atoms with Crippen LogP contribution in [0, 0.1) is 0 Å². The minimum absolute atomic E-state index is 0.888. The Bertz CT molecular complexity index is 2600. The van der Waals surface area contributed by atoms with Crippen LogP contribution in [0.25, 0.3) is 88.0 Å². The number of rotatable bonds is 2. The summed E-state index contributed by atoms with van der Waals surface area (Å²) in [5.74, 6) is 0. The molecule has 0 saturated carbocycles. The second-order valence-corrected chi connectivity index (χ2v) is 12.4. The molecule has 0 bridgehead atoms. The molecule has 0 spiro atoms. The van der Waals surface area contributed by atoms with Gasteiger partial charge in [-0.05, 0) is 93.4 Å². The zero-order valence-corrected chi connectivity index (χ0v) is 23.7. The Morgan fingerprint density at radius 3 is 1.95 bits per heavy atom. The molecule has 0 aliphatic carbocycles. The summed E-state index contributed by atoms with van der Waals surface area (Å²) >= 11 is 1.86. The lowest BCUT2D eigenvalue weighted by Gasteiger charge is -2.21. The summed E-state index contributed by atoms with van der Waals surface area (Å²) in [6.07, 6.45) is 0. The average molecular weight is 567 g/mol. The second kappa shape index (κ2) is 8.64. The van der Waals surface area contributed by atoms with E-state index in [1.54, 1.807) is 0 Å². The van der Waals surface area contributed by atoms with Crippen LogP contribution in [0.15, 0.2) is 152 Å². The maximum Gasteiger partial charge on any atom is 0.136 e. The van der Waals surface area contributed by atoms with E-state index in [0.29, 0.717) is 0 Å². The van der Waals surface area contributed by atoms with E-state index in [1.165, 1.54) is 37.3 Å². The van der Waals surface area contributed by atoms with Gasteiger partial charge in [0.1, 0.15) is 22.3 Å². The maximum absolute atomic E-state index is 6.54. The van der Waals surface area contributed by atoms with Crippen LogP contribution in [0.5, 0.6) is 0 Å². The van der Waals surface area contributed by atoms with Crippen molar-refractivity contribution in [2.45, 2.75) is 9.79 Å². The highest BCUT2D eigenvalue weighted by atomic mass is 32.2. The van der Waals surface area contributed by atoms with Crippen LogP contribution < -0.4 is 0 Å². The minimum Gasteiger partial charge on any atom is -0.456 e. The van der Waals surface area contributed by atoms with Gasteiger partial charge in [-0.15, -0.1) is 0 Å². The minimum atomic E-state index is 0.888. The predicted octanol–water partition coefficient (Wildman–Crippen LogP) is 12.1. The largest absolute Gasteiger partial charge is 0.456 e. The zero-order chi connectivity index (χ0) is 28.1. The van der Waals surface area contributed by atoms with E-state index >= 15 is 0 Å². The molecule has 0 saturated heterocycles. The van der Waals surface area contributed by atoms with Crippen molar-refractivity contribution in [3.05, 3.63) is 133 Å². The van der Waals surface area contributed by atoms with Gasteiger partial charge in [-0.2, -0.15) is 0 Å². The van der Waals surface area contributed by atoms with Gasteiger partial charge in [0.2, 0.25) is 0 Å². The summed E-state index contributed by atoms with van der Waals surface area (Å²) in [7, 11) is 0. The Balaban J connectivity index is 1.10. The number of fused-ring (bicyclic) bond motifs is 8. The van der Waals surface area contributed by atoms with E-state index in [4.69, 9.17) is 8.83 Å². The number of hydrogen-bond acceptors (Lipinski definition) is 3. The summed E-state index contributed by atoms with van der Waals surface area (Å²) in [5, 5.41) is 7.16. The molecular weight excluding hydrogens is 545 g/mol. The Morgan fingerprint density at radius 1 is 0.372 bits per heavy atom. The second-order valence-electron chi connectivity index (χ2n) is 11.3. The summed E-state index contributed by atoms with van der Waals surface area (Å²) in [4.78, 5) is 2.63. The van der Waals surface area contributed by atoms with Gasteiger partial charge in [0.15, 0.2) is 0 Å². The highest BCUT2D eigenvalue weighted by Gasteiger charge is 2.20. The monoisotopic (exact) mass is 566 g/mol. The summed E-state index contributed by atoms with van der Waals surface area (Å²) in [5.41, 5.74) is 10.8. The summed E-state index contributed by atoms with van der Waals surface area (Å²) in [6, 6.07) is 47.7. The molecule has 1 aliphatic heterocycles. The third kappa shape index (κ3) is 3.37. The lowest BCUT2D eigenvalue weighted by atomic mass is 9.94. The zero-order valence-electron chi connectivity index (χ0n) is 22.9. The molecule has 2 nitrogen and oxygen atoms in total. The highest BCUT2D eigenvalue weighted by Crippen LogP contribution is 2.49. The predicted molar refractivity (Wildman–Crippen MR) is 179 cm³/mol. The summed E-state index contributed by atoms with van der Waals surface area (Å²) < 4.78 is 12.7. The average Bonchev–Trinajstić information content (AvgIpc) is 3.62. The van der Waals surface area contributed by atoms with Crippen LogP contribution in [0.2, 0.25) is 0 Å². The quantitative estimate of drug-likeness (QED) is 0.208. The molecule has 0 atom stereocenters. The Labute approximate surface area is 251 Å². The van der Waals surface area contributed by atoms with Gasteiger partial charge in [-0.3, -0.25) is 0 Å². The molecule has 10 rings (SSSR count). The van der Waals surface area contributed by atoms with Gasteiger partial charge in [-0.25, -0.2) is 0 Å². The van der Waals surface area contributed by atoms with Crippen LogP contribution >= 0.6 is 11.8 Å². The van der Waals surface area contributed by atoms with E-state index in [9.17, 15) is 0 Å². The van der Waals surface area contributed by atoms with Crippen molar-refractivity contribution in [3.63, 3.8) is 0 Å². The number of furan rings is 2. The molecular formula is C40H22O2S. The van der Waals surface area contributed by atoms with Crippen LogP contribution in [-0.2, 0) is 0 Å². The molecule has 0 N–H and O–H groups in total. The normalized spacial score (nSPS) is 12.6. The molecule has 9 aromatic rings. The topological polar surface area (TPSA) is 26.3 Å². The fraction of sp³-hybridized carbons (Fsp3) is 0. The lowest BCUT2D eigenvalue weighted by Crippen LogP contribution is -1.93. The van der Waals surface area contributed by atoms with Crippen molar-refractivity contribution in [3.8, 4) is 33.4 Å². The molecule has 3 heteroatoms. The van der Waals surface area contributed by atoms with Gasteiger partial charge in [0.25, 0.3) is 0 Å². The Hall–Kier alpha value is -5.25. The van der Waals surface area contributed by atoms with E-state index in [-0.39, 0.29) is 0 Å². The van der Waals surface area contributed by atoms with E-state index in [2.05, 4.69) is 115 Å². The lowest BCUT2D eigenvalue weighted by molar-refractivity contribution is 0.668. The van der Waals surface area contributed by atoms with Gasteiger partial charge in [-0.1, -0.05) is 90.6 Å². The van der Waals surface area contributed by atoms with Crippen LogP contribution in [0.4, 0.5) is 0 Å². The molecule has 0 radical (unpaired) electrons. The first-order valence-electron chi connectivity index (χ1n) is 14.5. The Morgan fingerprint density at radius 2 is 1.05 bits per heavy atom. The van der Waals surface area contributed by atoms with Crippen molar-refractivity contribution in [1.82, 2.24) is 0 Å². The van der Waals surface area contributed by atoms with Crippen molar-refractivity contribution in [2.24, 2.45) is 0 Å². The first-order chi connectivity index (χ1) is 21.3. The van der Waals surface area contributed by atoms with Gasteiger partial charge < -0.3 is 8.83 Å². The standard InChI is InChI=1S/C40H22O2S/c1-2-11-33-31(8-1)40-27(9-5-12-34(40)41-33)26-15-18-29-28-17-14-25(21-35(28)42-36(29)22-26)24-16-19-37-32(20-24)30-10-3-6-23-7-4-13-38(43-37)39(23)30/h1-22H. The molecule has 0 unspecified atom stereocenters. The molecule has 0 amide bonds. The van der Waals surface area contributed by atoms with Gasteiger partial charge in [0, 0.05) is 36.7 Å². The first-order valence-corrected chi connectivity index (χ1v) is 15.3. The third-order valence-corrected chi connectivity index (χ3v) is 10.0. The van der Waals surface area contributed by atoms with E-state index in [1.807, 2.05) is 30.0 Å². The molecule has 1 aliphatic rings. The van der Waals surface area contributed by atoms with Crippen molar-refractivity contribution >= 4 is 66.4 Å². The molecule has 7 aromatic carbocycles. The van der Waals surface area contributed by atoms with Crippen LogP contribution in [0.1, 0.15) is 0 Å². The van der Waals surface area contributed by atoms with Crippen molar-refractivity contribution in [2.75, 3.05) is 0 Å². The number of hydrogen-bond donors (Lipinski definition) is 0. The SMILES string of the molecule is c1cc2c3c(cccc3c1)-c1cc(-c3ccc4c(c3)oc3cc(-c5cccc6oc7ccccc7c56)ccc34)ccc1S2. The number of benzene rings is 7. The molecule has 2 aromatic heterocycles. The van der Waals surface area contributed by atoms with Crippen molar-refractivity contribution in [1.29, 1.82) is 0 Å². The van der Waals surface area contributed by atoms with E-state index in [0.717, 1.165) is 60.6 Å². The number of para-hydroxylation sites is 1. The van der Waals surface area contributed by atoms with Crippen LogP contribution in [-0.4, -0.2) is 0 Å². The van der Waals surface area contributed by atoms with Gasteiger partial charge >= 0.3 is 0 Å². The molecule has 43 heavy (non-hydrogen) atoms. The third-order valence-electron chi connectivity index (χ3n) is 8.88. The molecule has 0 fully saturated rings. The Kier molecular flexibility index (Phi) is 4.68. The van der Waals surface area contributed by atoms with Gasteiger partial charge in [0.05, 0.1) is 0 Å². The summed E-state index contributed by atoms with van der Waals surface area (Å²) in [6.45, 7) is 0.